The molecule has 1 N–H and O–H groups in total. The molecular formula is C21H18N4O. The molecule has 0 radical (unpaired) electrons. The SMILES string of the molecule is Cc1ccc(-c2cc3ncc(C(=O)Nc4ccccc4)c(C)n3n2)cc1. The van der Waals surface area contributed by atoms with Gasteiger partial charge in [-0.15, -0.1) is 0 Å². The van der Waals surface area contributed by atoms with Crippen LogP contribution in [0.4, 0.5) is 5.69 Å². The number of fused-ring (bicyclic) bond motifs is 1. The molecule has 0 saturated carbocycles. The minimum Gasteiger partial charge on any atom is -0.322 e. The van der Waals surface area contributed by atoms with Crippen molar-refractivity contribution >= 4 is 17.2 Å². The lowest BCUT2D eigenvalue weighted by atomic mass is 10.1. The van der Waals surface area contributed by atoms with Gasteiger partial charge < -0.3 is 5.32 Å². The minimum absolute atomic E-state index is 0.199. The Labute approximate surface area is 151 Å². The molecule has 0 aliphatic rings. The highest BCUT2D eigenvalue weighted by Gasteiger charge is 2.15. The molecule has 5 heteroatoms. The van der Waals surface area contributed by atoms with Gasteiger partial charge in [0.15, 0.2) is 5.65 Å². The largest absolute Gasteiger partial charge is 0.322 e. The van der Waals surface area contributed by atoms with Crippen molar-refractivity contribution in [3.05, 3.63) is 83.7 Å². The number of hydrogen-bond donors (Lipinski definition) is 1. The van der Waals surface area contributed by atoms with Crippen LogP contribution in [0.3, 0.4) is 0 Å². The maximum atomic E-state index is 12.6. The lowest BCUT2D eigenvalue weighted by Gasteiger charge is -2.08. The number of para-hydroxylation sites is 1. The summed E-state index contributed by atoms with van der Waals surface area (Å²) >= 11 is 0. The van der Waals surface area contributed by atoms with Gasteiger partial charge in [0, 0.05) is 23.5 Å². The van der Waals surface area contributed by atoms with Crippen LogP contribution in [0.15, 0.2) is 66.9 Å². The van der Waals surface area contributed by atoms with E-state index in [1.165, 1.54) is 5.56 Å². The Bertz CT molecular complexity index is 1080. The van der Waals surface area contributed by atoms with Crippen molar-refractivity contribution in [2.75, 3.05) is 5.32 Å². The Morgan fingerprint density at radius 1 is 1.00 bits per heavy atom. The van der Waals surface area contributed by atoms with Crippen LogP contribution in [0, 0.1) is 13.8 Å². The maximum Gasteiger partial charge on any atom is 0.259 e. The summed E-state index contributed by atoms with van der Waals surface area (Å²) in [5.74, 6) is -0.199. The van der Waals surface area contributed by atoms with Crippen LogP contribution in [0.25, 0.3) is 16.9 Å². The summed E-state index contributed by atoms with van der Waals surface area (Å²) in [6.07, 6.45) is 1.60. The van der Waals surface area contributed by atoms with Crippen molar-refractivity contribution in [1.82, 2.24) is 14.6 Å². The van der Waals surface area contributed by atoms with E-state index in [0.29, 0.717) is 11.2 Å². The summed E-state index contributed by atoms with van der Waals surface area (Å²) in [6.45, 7) is 3.93. The molecule has 5 nitrogen and oxygen atoms in total. The molecule has 2 aromatic heterocycles. The predicted octanol–water partition coefficient (Wildman–Crippen LogP) is 4.27. The molecule has 0 spiro atoms. The van der Waals surface area contributed by atoms with Crippen molar-refractivity contribution < 1.29 is 4.79 Å². The van der Waals surface area contributed by atoms with Crippen LogP contribution in [0.5, 0.6) is 0 Å². The third-order valence-electron chi connectivity index (χ3n) is 4.35. The molecule has 1 amide bonds. The number of hydrogen-bond acceptors (Lipinski definition) is 3. The van der Waals surface area contributed by atoms with E-state index in [1.807, 2.05) is 55.5 Å². The number of anilines is 1. The van der Waals surface area contributed by atoms with E-state index in [2.05, 4.69) is 34.5 Å². The van der Waals surface area contributed by atoms with Gasteiger partial charge in [0.2, 0.25) is 0 Å². The van der Waals surface area contributed by atoms with Crippen molar-refractivity contribution in [2.45, 2.75) is 13.8 Å². The summed E-state index contributed by atoms with van der Waals surface area (Å²) in [6, 6.07) is 19.5. The van der Waals surface area contributed by atoms with Gasteiger partial charge >= 0.3 is 0 Å². The van der Waals surface area contributed by atoms with Crippen LogP contribution in [-0.4, -0.2) is 20.5 Å². The number of nitrogens with zero attached hydrogens (tertiary/aromatic N) is 3. The third kappa shape index (κ3) is 2.95. The van der Waals surface area contributed by atoms with E-state index >= 15 is 0 Å². The topological polar surface area (TPSA) is 59.3 Å². The van der Waals surface area contributed by atoms with Crippen LogP contribution in [0.1, 0.15) is 21.6 Å². The summed E-state index contributed by atoms with van der Waals surface area (Å²) in [5, 5.41) is 7.52. The zero-order valence-electron chi connectivity index (χ0n) is 14.6. The Kier molecular flexibility index (Phi) is 3.97. The second kappa shape index (κ2) is 6.44. The second-order valence-electron chi connectivity index (χ2n) is 6.24. The van der Waals surface area contributed by atoms with Gasteiger partial charge in [-0.2, -0.15) is 5.10 Å². The molecule has 4 aromatic rings. The fourth-order valence-corrected chi connectivity index (χ4v) is 2.86. The van der Waals surface area contributed by atoms with Crippen molar-refractivity contribution in [2.24, 2.45) is 0 Å². The molecule has 0 aliphatic carbocycles. The normalized spacial score (nSPS) is 10.8. The van der Waals surface area contributed by atoms with Gasteiger partial charge in [0.1, 0.15) is 0 Å². The molecule has 2 heterocycles. The number of benzene rings is 2. The number of amides is 1. The number of nitrogens with one attached hydrogen (secondary N) is 1. The number of carbonyl (C=O) groups excluding carboxylic acids is 1. The van der Waals surface area contributed by atoms with Crippen LogP contribution in [-0.2, 0) is 0 Å². The van der Waals surface area contributed by atoms with E-state index in [9.17, 15) is 4.79 Å². The molecule has 0 aliphatic heterocycles. The van der Waals surface area contributed by atoms with E-state index in [4.69, 9.17) is 0 Å². The molecular weight excluding hydrogens is 324 g/mol. The first-order valence-electron chi connectivity index (χ1n) is 8.40. The minimum atomic E-state index is -0.199. The van der Waals surface area contributed by atoms with E-state index < -0.39 is 0 Å². The molecule has 0 bridgehead atoms. The monoisotopic (exact) mass is 342 g/mol. The zero-order chi connectivity index (χ0) is 18.1. The molecule has 4 rings (SSSR count). The van der Waals surface area contributed by atoms with Crippen LogP contribution in [0.2, 0.25) is 0 Å². The molecule has 128 valence electrons. The average Bonchev–Trinajstić information content (AvgIpc) is 3.08. The van der Waals surface area contributed by atoms with Gasteiger partial charge in [0.25, 0.3) is 5.91 Å². The highest BCUT2D eigenvalue weighted by Crippen LogP contribution is 2.21. The summed E-state index contributed by atoms with van der Waals surface area (Å²) in [7, 11) is 0. The van der Waals surface area contributed by atoms with Crippen LogP contribution >= 0.6 is 0 Å². The lowest BCUT2D eigenvalue weighted by Crippen LogP contribution is -2.16. The fourth-order valence-electron chi connectivity index (χ4n) is 2.86. The molecule has 0 saturated heterocycles. The Hall–Kier alpha value is -3.47. The Morgan fingerprint density at radius 3 is 2.46 bits per heavy atom. The third-order valence-corrected chi connectivity index (χ3v) is 4.35. The van der Waals surface area contributed by atoms with Gasteiger partial charge in [-0.1, -0.05) is 48.0 Å². The standard InChI is InChI=1S/C21H18N4O/c1-14-8-10-16(11-9-14)19-12-20-22-13-18(15(2)25(20)24-19)21(26)23-17-6-4-3-5-7-17/h3-13H,1-2H3,(H,23,26). The van der Waals surface area contributed by atoms with Gasteiger partial charge in [-0.25, -0.2) is 9.50 Å². The summed E-state index contributed by atoms with van der Waals surface area (Å²) in [4.78, 5) is 17.0. The molecule has 0 fully saturated rings. The maximum absolute atomic E-state index is 12.6. The van der Waals surface area contributed by atoms with Crippen molar-refractivity contribution in [3.63, 3.8) is 0 Å². The summed E-state index contributed by atoms with van der Waals surface area (Å²) in [5.41, 5.74) is 5.78. The quantitative estimate of drug-likeness (QED) is 0.605. The predicted molar refractivity (Wildman–Crippen MR) is 102 cm³/mol. The Morgan fingerprint density at radius 2 is 1.73 bits per heavy atom. The average molecular weight is 342 g/mol. The highest BCUT2D eigenvalue weighted by atomic mass is 16.1. The first-order valence-corrected chi connectivity index (χ1v) is 8.40. The van der Waals surface area contributed by atoms with E-state index in [0.717, 1.165) is 22.6 Å². The zero-order valence-corrected chi connectivity index (χ0v) is 14.6. The van der Waals surface area contributed by atoms with Gasteiger partial charge in [0.05, 0.1) is 17.0 Å². The van der Waals surface area contributed by atoms with E-state index in [1.54, 1.807) is 10.7 Å². The lowest BCUT2D eigenvalue weighted by molar-refractivity contribution is 0.102. The highest BCUT2D eigenvalue weighted by molar-refractivity contribution is 6.04. The Balaban J connectivity index is 1.70. The van der Waals surface area contributed by atoms with Crippen molar-refractivity contribution in [1.29, 1.82) is 0 Å². The number of aryl methyl sites for hydroxylation is 2. The smallest absolute Gasteiger partial charge is 0.259 e. The van der Waals surface area contributed by atoms with E-state index in [-0.39, 0.29) is 5.91 Å². The van der Waals surface area contributed by atoms with Crippen molar-refractivity contribution in [3.8, 4) is 11.3 Å². The van der Waals surface area contributed by atoms with Gasteiger partial charge in [-0.05, 0) is 26.0 Å². The summed E-state index contributed by atoms with van der Waals surface area (Å²) < 4.78 is 1.72. The second-order valence-corrected chi connectivity index (χ2v) is 6.24. The van der Waals surface area contributed by atoms with Gasteiger partial charge in [-0.3, -0.25) is 4.79 Å². The first-order chi connectivity index (χ1) is 12.6. The number of aromatic nitrogens is 3. The molecule has 2 aromatic carbocycles. The van der Waals surface area contributed by atoms with Crippen LogP contribution < -0.4 is 5.32 Å². The number of carbonyl (C=O) groups is 1. The number of rotatable bonds is 3. The molecule has 0 atom stereocenters. The molecule has 26 heavy (non-hydrogen) atoms. The fraction of sp³-hybridized carbons (Fsp3) is 0.0952. The first kappa shape index (κ1) is 16.0. The molecule has 0 unspecified atom stereocenters.